The van der Waals surface area contributed by atoms with Gasteiger partial charge in [-0.1, -0.05) is 18.2 Å². The molecule has 0 aliphatic heterocycles. The molecule has 8 nitrogen and oxygen atoms in total. The normalized spacial score (nSPS) is 10.4. The first-order valence-electron chi connectivity index (χ1n) is 4.70. The molecule has 18 heavy (non-hydrogen) atoms. The first kappa shape index (κ1) is 11.6. The van der Waals surface area contributed by atoms with Gasteiger partial charge in [0.15, 0.2) is 5.75 Å². The lowest BCUT2D eigenvalue weighted by molar-refractivity contribution is -0.421. The van der Waals surface area contributed by atoms with Crippen LogP contribution in [-0.4, -0.2) is 20.1 Å². The summed E-state index contributed by atoms with van der Waals surface area (Å²) < 4.78 is 0. The van der Waals surface area contributed by atoms with Gasteiger partial charge in [0.2, 0.25) is 5.75 Å². The van der Waals surface area contributed by atoms with E-state index in [9.17, 15) is 30.4 Å². The number of benzene rings is 2. The first-order valence-corrected chi connectivity index (χ1v) is 4.70. The topological polar surface area (TPSA) is 127 Å². The minimum absolute atomic E-state index is 0.0210. The molecule has 0 spiro atoms. The lowest BCUT2D eigenvalue weighted by Gasteiger charge is -2.05. The van der Waals surface area contributed by atoms with Crippen LogP contribution in [0.2, 0.25) is 0 Å². The summed E-state index contributed by atoms with van der Waals surface area (Å²) in [4.78, 5) is 19.6. The number of aromatic hydroxyl groups is 2. The van der Waals surface area contributed by atoms with Crippen LogP contribution in [-0.2, 0) is 0 Å². The van der Waals surface area contributed by atoms with Crippen LogP contribution in [0, 0.1) is 20.2 Å². The average molecular weight is 250 g/mol. The van der Waals surface area contributed by atoms with E-state index in [-0.39, 0.29) is 10.8 Å². The molecule has 8 heteroatoms. The van der Waals surface area contributed by atoms with Gasteiger partial charge >= 0.3 is 11.4 Å². The molecule has 0 saturated heterocycles. The molecule has 0 amide bonds. The van der Waals surface area contributed by atoms with Crippen LogP contribution < -0.4 is 0 Å². The van der Waals surface area contributed by atoms with Gasteiger partial charge in [0.25, 0.3) is 0 Å². The van der Waals surface area contributed by atoms with E-state index in [1.165, 1.54) is 24.3 Å². The molecule has 0 aliphatic rings. The standard InChI is InChI=1S/C10H6N2O6/c13-9-6-4-2-1-3-5(6)7(11(15)16)8(10(9)14)12(17)18/h1-4,13-14H. The van der Waals surface area contributed by atoms with E-state index in [1.807, 2.05) is 0 Å². The highest BCUT2D eigenvalue weighted by Gasteiger charge is 2.35. The van der Waals surface area contributed by atoms with Crippen molar-refractivity contribution in [2.24, 2.45) is 0 Å². The number of hydrogen-bond acceptors (Lipinski definition) is 6. The van der Waals surface area contributed by atoms with E-state index in [2.05, 4.69) is 0 Å². The van der Waals surface area contributed by atoms with E-state index in [0.717, 1.165) is 0 Å². The minimum atomic E-state index is -1.11. The number of nitro groups is 2. The largest absolute Gasteiger partial charge is 0.504 e. The van der Waals surface area contributed by atoms with Crippen LogP contribution in [0.3, 0.4) is 0 Å². The predicted octanol–water partition coefficient (Wildman–Crippen LogP) is 2.07. The lowest BCUT2D eigenvalue weighted by Crippen LogP contribution is -1.98. The fourth-order valence-corrected chi connectivity index (χ4v) is 1.73. The van der Waals surface area contributed by atoms with E-state index in [1.54, 1.807) is 0 Å². The predicted molar refractivity (Wildman–Crippen MR) is 60.6 cm³/mol. The molecule has 0 saturated carbocycles. The van der Waals surface area contributed by atoms with E-state index < -0.39 is 32.7 Å². The van der Waals surface area contributed by atoms with Gasteiger partial charge < -0.3 is 10.2 Å². The third kappa shape index (κ3) is 1.47. The zero-order valence-electron chi connectivity index (χ0n) is 8.73. The Morgan fingerprint density at radius 3 is 1.83 bits per heavy atom. The van der Waals surface area contributed by atoms with Gasteiger partial charge in [0.1, 0.15) is 0 Å². The summed E-state index contributed by atoms with van der Waals surface area (Å²) >= 11 is 0. The van der Waals surface area contributed by atoms with Gasteiger partial charge in [-0.3, -0.25) is 20.2 Å². The summed E-state index contributed by atoms with van der Waals surface area (Å²) in [5.41, 5.74) is -1.96. The van der Waals surface area contributed by atoms with E-state index in [4.69, 9.17) is 0 Å². The van der Waals surface area contributed by atoms with Gasteiger partial charge in [0, 0.05) is 5.39 Å². The van der Waals surface area contributed by atoms with Gasteiger partial charge in [-0.05, 0) is 6.07 Å². The van der Waals surface area contributed by atoms with Crippen LogP contribution in [0.15, 0.2) is 24.3 Å². The molecule has 2 aromatic carbocycles. The molecular formula is C10H6N2O6. The Morgan fingerprint density at radius 1 is 0.833 bits per heavy atom. The molecule has 0 fully saturated rings. The maximum atomic E-state index is 10.9. The maximum Gasteiger partial charge on any atom is 0.391 e. The Balaban J connectivity index is 3.08. The van der Waals surface area contributed by atoms with Crippen molar-refractivity contribution < 1.29 is 20.1 Å². The molecule has 0 bridgehead atoms. The highest BCUT2D eigenvalue weighted by atomic mass is 16.6. The zero-order valence-corrected chi connectivity index (χ0v) is 8.73. The number of phenols is 2. The third-order valence-corrected chi connectivity index (χ3v) is 2.48. The molecule has 0 radical (unpaired) electrons. The molecule has 92 valence electrons. The Bertz CT molecular complexity index is 682. The van der Waals surface area contributed by atoms with Crippen molar-refractivity contribution in [2.45, 2.75) is 0 Å². The molecule has 0 heterocycles. The summed E-state index contributed by atoms with van der Waals surface area (Å²) in [6, 6.07) is 5.51. The van der Waals surface area contributed by atoms with Crippen molar-refractivity contribution in [2.75, 3.05) is 0 Å². The molecule has 0 aromatic heterocycles. The fraction of sp³-hybridized carbons (Fsp3) is 0. The van der Waals surface area contributed by atoms with Gasteiger partial charge in [-0.2, -0.15) is 0 Å². The van der Waals surface area contributed by atoms with Crippen LogP contribution >= 0.6 is 0 Å². The molecule has 0 aliphatic carbocycles. The highest BCUT2D eigenvalue weighted by Crippen LogP contribution is 2.48. The minimum Gasteiger partial charge on any atom is -0.504 e. The van der Waals surface area contributed by atoms with Gasteiger partial charge in [0.05, 0.1) is 15.2 Å². The molecule has 0 unspecified atom stereocenters. The number of rotatable bonds is 2. The third-order valence-electron chi connectivity index (χ3n) is 2.48. The van der Waals surface area contributed by atoms with Crippen LogP contribution in [0.4, 0.5) is 11.4 Å². The number of phenolic OH excluding ortho intramolecular Hbond substituents is 2. The molecule has 0 atom stereocenters. The van der Waals surface area contributed by atoms with Crippen LogP contribution in [0.1, 0.15) is 0 Å². The van der Waals surface area contributed by atoms with Crippen molar-refractivity contribution in [1.29, 1.82) is 0 Å². The second-order valence-electron chi connectivity index (χ2n) is 3.45. The number of hydrogen-bond donors (Lipinski definition) is 2. The van der Waals surface area contributed by atoms with Crippen molar-refractivity contribution in [1.82, 2.24) is 0 Å². The highest BCUT2D eigenvalue weighted by molar-refractivity contribution is 6.02. The SMILES string of the molecule is O=[N+]([O-])c1c(O)c(O)c2ccccc2c1[N+](=O)[O-]. The second-order valence-corrected chi connectivity index (χ2v) is 3.45. The summed E-state index contributed by atoms with van der Waals surface area (Å²) in [6.45, 7) is 0. The van der Waals surface area contributed by atoms with Crippen LogP contribution in [0.5, 0.6) is 11.5 Å². The molecule has 2 rings (SSSR count). The smallest absolute Gasteiger partial charge is 0.391 e. The Morgan fingerprint density at radius 2 is 1.33 bits per heavy atom. The van der Waals surface area contributed by atoms with Crippen molar-refractivity contribution in [3.05, 3.63) is 44.5 Å². The van der Waals surface area contributed by atoms with Crippen LogP contribution in [0.25, 0.3) is 10.8 Å². The maximum absolute atomic E-state index is 10.9. The number of fused-ring (bicyclic) bond motifs is 1. The average Bonchev–Trinajstić information content (AvgIpc) is 2.32. The van der Waals surface area contributed by atoms with Crippen molar-refractivity contribution in [3.63, 3.8) is 0 Å². The van der Waals surface area contributed by atoms with E-state index in [0.29, 0.717) is 0 Å². The van der Waals surface area contributed by atoms with Gasteiger partial charge in [-0.15, -0.1) is 0 Å². The summed E-state index contributed by atoms with van der Waals surface area (Å²) in [5, 5.41) is 40.7. The summed E-state index contributed by atoms with van der Waals surface area (Å²) in [6.07, 6.45) is 0. The van der Waals surface area contributed by atoms with Crippen molar-refractivity contribution in [3.8, 4) is 11.5 Å². The lowest BCUT2D eigenvalue weighted by atomic mass is 10.1. The Kier molecular flexibility index (Phi) is 2.47. The Labute approximate surface area is 99.0 Å². The van der Waals surface area contributed by atoms with Gasteiger partial charge in [-0.25, -0.2) is 0 Å². The van der Waals surface area contributed by atoms with E-state index >= 15 is 0 Å². The molecular weight excluding hydrogens is 244 g/mol. The number of nitrogens with zero attached hydrogens (tertiary/aromatic N) is 2. The molecule has 2 aromatic rings. The zero-order chi connectivity index (χ0) is 13.4. The number of nitro benzene ring substituents is 2. The monoisotopic (exact) mass is 250 g/mol. The molecule has 2 N–H and O–H groups in total. The fourth-order valence-electron chi connectivity index (χ4n) is 1.73. The summed E-state index contributed by atoms with van der Waals surface area (Å²) in [5.74, 6) is -1.85. The quantitative estimate of drug-likeness (QED) is 0.477. The van der Waals surface area contributed by atoms with Crippen molar-refractivity contribution >= 4 is 22.1 Å². The second kappa shape index (κ2) is 3.84. The first-order chi connectivity index (χ1) is 8.45. The Hall–Kier alpha value is -2.90. The summed E-state index contributed by atoms with van der Waals surface area (Å²) in [7, 11) is 0.